The fourth-order valence-electron chi connectivity index (χ4n) is 1.78. The van der Waals surface area contributed by atoms with E-state index in [0.717, 1.165) is 25.2 Å². The van der Waals surface area contributed by atoms with E-state index in [2.05, 4.69) is 18.1 Å². The van der Waals surface area contributed by atoms with Crippen LogP contribution in [0.15, 0.2) is 49.6 Å². The lowest BCUT2D eigenvalue weighted by Crippen LogP contribution is -2.26. The molecule has 3 heteroatoms. The molecule has 1 unspecified atom stereocenters. The summed E-state index contributed by atoms with van der Waals surface area (Å²) in [5, 5.41) is 10.8. The molecule has 0 bridgehead atoms. The van der Waals surface area contributed by atoms with Crippen LogP contribution in [0.1, 0.15) is 18.1 Å². The van der Waals surface area contributed by atoms with Crippen molar-refractivity contribution in [1.29, 1.82) is 0 Å². The summed E-state index contributed by atoms with van der Waals surface area (Å²) in [4.78, 5) is 2.18. The van der Waals surface area contributed by atoms with Gasteiger partial charge in [0.25, 0.3) is 0 Å². The molecule has 1 aromatic rings. The van der Waals surface area contributed by atoms with Crippen molar-refractivity contribution in [3.63, 3.8) is 0 Å². The number of rotatable bonds is 8. The quantitative estimate of drug-likeness (QED) is 0.728. The number of nitrogens with zero attached hydrogens (tertiary/aromatic N) is 1. The molecule has 0 aromatic heterocycles. The van der Waals surface area contributed by atoms with E-state index >= 15 is 0 Å². The molecule has 0 aliphatic heterocycles. The lowest BCUT2D eigenvalue weighted by molar-refractivity contribution is 0.148. The molecule has 0 heterocycles. The predicted octanol–water partition coefficient (Wildman–Crippen LogP) is 3.44. The highest BCUT2D eigenvalue weighted by atomic mass is 35.5. The molecule has 2 nitrogen and oxygen atoms in total. The summed E-state index contributed by atoms with van der Waals surface area (Å²) in [6.45, 7) is 9.87. The third kappa shape index (κ3) is 5.05. The number of aliphatic hydroxyl groups excluding tert-OH is 1. The zero-order valence-corrected chi connectivity index (χ0v) is 11.3. The standard InChI is InChI=1S/C15H20ClNO/c1-3-10-17(11-4-2)12-9-15(18)13-5-7-14(16)8-6-13/h3-8,15,18H,1-2,9-12H2. The molecule has 1 aromatic carbocycles. The van der Waals surface area contributed by atoms with Crippen LogP contribution >= 0.6 is 11.6 Å². The second-order valence-corrected chi connectivity index (χ2v) is 4.63. The van der Waals surface area contributed by atoms with Crippen molar-refractivity contribution >= 4 is 11.6 Å². The van der Waals surface area contributed by atoms with Crippen LogP contribution in [-0.2, 0) is 0 Å². The first-order chi connectivity index (χ1) is 8.67. The normalized spacial score (nSPS) is 12.4. The average molecular weight is 266 g/mol. The summed E-state index contributed by atoms with van der Waals surface area (Å²) in [5.41, 5.74) is 0.900. The van der Waals surface area contributed by atoms with Gasteiger partial charge in [0.05, 0.1) is 6.10 Å². The van der Waals surface area contributed by atoms with Gasteiger partial charge in [0.1, 0.15) is 0 Å². The summed E-state index contributed by atoms with van der Waals surface area (Å²) < 4.78 is 0. The Morgan fingerprint density at radius 1 is 1.17 bits per heavy atom. The van der Waals surface area contributed by atoms with Crippen molar-refractivity contribution < 1.29 is 5.11 Å². The van der Waals surface area contributed by atoms with Crippen molar-refractivity contribution in [2.75, 3.05) is 19.6 Å². The zero-order chi connectivity index (χ0) is 13.4. The van der Waals surface area contributed by atoms with Gasteiger partial charge in [-0.1, -0.05) is 35.9 Å². The first-order valence-corrected chi connectivity index (χ1v) is 6.43. The highest BCUT2D eigenvalue weighted by Gasteiger charge is 2.09. The molecule has 0 fully saturated rings. The van der Waals surface area contributed by atoms with E-state index in [1.54, 1.807) is 12.1 Å². The van der Waals surface area contributed by atoms with Gasteiger partial charge in [-0.3, -0.25) is 4.90 Å². The van der Waals surface area contributed by atoms with Gasteiger partial charge in [0.2, 0.25) is 0 Å². The summed E-state index contributed by atoms with van der Waals surface area (Å²) in [7, 11) is 0. The smallest absolute Gasteiger partial charge is 0.0802 e. The van der Waals surface area contributed by atoms with Gasteiger partial charge in [-0.2, -0.15) is 0 Å². The van der Waals surface area contributed by atoms with Gasteiger partial charge < -0.3 is 5.11 Å². The molecule has 0 saturated carbocycles. The second-order valence-electron chi connectivity index (χ2n) is 4.19. The van der Waals surface area contributed by atoms with Crippen LogP contribution in [0, 0.1) is 0 Å². The minimum Gasteiger partial charge on any atom is -0.388 e. The predicted molar refractivity (Wildman–Crippen MR) is 77.9 cm³/mol. The number of benzene rings is 1. The first-order valence-electron chi connectivity index (χ1n) is 6.05. The Labute approximate surface area is 114 Å². The van der Waals surface area contributed by atoms with Gasteiger partial charge in [-0.05, 0) is 24.1 Å². The fourth-order valence-corrected chi connectivity index (χ4v) is 1.90. The monoisotopic (exact) mass is 265 g/mol. The number of hydrogen-bond donors (Lipinski definition) is 1. The Hall–Kier alpha value is -1.09. The Morgan fingerprint density at radius 3 is 2.22 bits per heavy atom. The van der Waals surface area contributed by atoms with Crippen LogP contribution in [0.5, 0.6) is 0 Å². The third-order valence-corrected chi connectivity index (χ3v) is 3.00. The number of hydrogen-bond acceptors (Lipinski definition) is 2. The van der Waals surface area contributed by atoms with Gasteiger partial charge in [-0.15, -0.1) is 13.2 Å². The van der Waals surface area contributed by atoms with E-state index in [1.807, 2.05) is 24.3 Å². The summed E-state index contributed by atoms with van der Waals surface area (Å²) >= 11 is 5.81. The van der Waals surface area contributed by atoms with Gasteiger partial charge >= 0.3 is 0 Å². The summed E-state index contributed by atoms with van der Waals surface area (Å²) in [6, 6.07) is 7.31. The van der Waals surface area contributed by atoms with Crippen molar-refractivity contribution in [3.05, 3.63) is 60.2 Å². The maximum atomic E-state index is 10.1. The van der Waals surface area contributed by atoms with Crippen LogP contribution in [0.3, 0.4) is 0 Å². The molecular formula is C15H20ClNO. The Kier molecular flexibility index (Phi) is 6.73. The lowest BCUT2D eigenvalue weighted by Gasteiger charge is -2.20. The Bertz CT molecular complexity index is 365. The molecule has 0 amide bonds. The van der Waals surface area contributed by atoms with Crippen LogP contribution in [-0.4, -0.2) is 29.6 Å². The van der Waals surface area contributed by atoms with Crippen molar-refractivity contribution in [1.82, 2.24) is 4.90 Å². The minimum atomic E-state index is -0.459. The van der Waals surface area contributed by atoms with Crippen molar-refractivity contribution in [2.45, 2.75) is 12.5 Å². The molecule has 1 rings (SSSR count). The van der Waals surface area contributed by atoms with E-state index in [9.17, 15) is 5.11 Å². The van der Waals surface area contributed by atoms with E-state index in [4.69, 9.17) is 11.6 Å². The molecule has 0 spiro atoms. The van der Waals surface area contributed by atoms with Gasteiger partial charge in [-0.25, -0.2) is 0 Å². The number of halogens is 1. The van der Waals surface area contributed by atoms with Crippen LogP contribution in [0.2, 0.25) is 5.02 Å². The third-order valence-electron chi connectivity index (χ3n) is 2.75. The first kappa shape index (κ1) is 15.0. The Morgan fingerprint density at radius 2 is 1.72 bits per heavy atom. The second kappa shape index (κ2) is 8.09. The minimum absolute atomic E-state index is 0.459. The SMILES string of the molecule is C=CCN(CC=C)CCC(O)c1ccc(Cl)cc1. The summed E-state index contributed by atoms with van der Waals surface area (Å²) in [5.74, 6) is 0. The van der Waals surface area contributed by atoms with Crippen LogP contribution < -0.4 is 0 Å². The lowest BCUT2D eigenvalue weighted by atomic mass is 10.1. The highest BCUT2D eigenvalue weighted by Crippen LogP contribution is 2.19. The Balaban J connectivity index is 2.48. The van der Waals surface area contributed by atoms with Crippen molar-refractivity contribution in [2.24, 2.45) is 0 Å². The molecule has 98 valence electrons. The van der Waals surface area contributed by atoms with E-state index in [-0.39, 0.29) is 0 Å². The van der Waals surface area contributed by atoms with Gasteiger partial charge in [0, 0.05) is 24.7 Å². The molecule has 1 atom stereocenters. The molecule has 1 N–H and O–H groups in total. The van der Waals surface area contributed by atoms with Gasteiger partial charge in [0.15, 0.2) is 0 Å². The maximum absolute atomic E-state index is 10.1. The van der Waals surface area contributed by atoms with Crippen molar-refractivity contribution in [3.8, 4) is 0 Å². The molecule has 0 aliphatic carbocycles. The molecule has 18 heavy (non-hydrogen) atoms. The zero-order valence-electron chi connectivity index (χ0n) is 10.6. The van der Waals surface area contributed by atoms with Crippen LogP contribution in [0.25, 0.3) is 0 Å². The van der Waals surface area contributed by atoms with Crippen LogP contribution in [0.4, 0.5) is 0 Å². The maximum Gasteiger partial charge on any atom is 0.0802 e. The largest absolute Gasteiger partial charge is 0.388 e. The topological polar surface area (TPSA) is 23.5 Å². The molecule has 0 radical (unpaired) electrons. The highest BCUT2D eigenvalue weighted by molar-refractivity contribution is 6.30. The van der Waals surface area contributed by atoms with E-state index in [0.29, 0.717) is 11.4 Å². The molecular weight excluding hydrogens is 246 g/mol. The average Bonchev–Trinajstić information content (AvgIpc) is 2.37. The molecule has 0 aliphatic rings. The van der Waals surface area contributed by atoms with E-state index in [1.165, 1.54) is 0 Å². The molecule has 0 saturated heterocycles. The summed E-state index contributed by atoms with van der Waals surface area (Å²) in [6.07, 6.45) is 3.94. The van der Waals surface area contributed by atoms with E-state index < -0.39 is 6.10 Å². The fraction of sp³-hybridized carbons (Fsp3) is 0.333. The number of aliphatic hydroxyl groups is 1.